The van der Waals surface area contributed by atoms with Crippen molar-refractivity contribution in [3.63, 3.8) is 0 Å². The number of halogens is 1. The summed E-state index contributed by atoms with van der Waals surface area (Å²) < 4.78 is 27.5. The van der Waals surface area contributed by atoms with E-state index in [0.717, 1.165) is 4.70 Å². The summed E-state index contributed by atoms with van der Waals surface area (Å²) >= 11 is 7.45. The first-order valence-electron chi connectivity index (χ1n) is 5.12. The van der Waals surface area contributed by atoms with Gasteiger partial charge in [0.25, 0.3) is 10.0 Å². The molecule has 2 aromatic heterocycles. The van der Waals surface area contributed by atoms with Crippen LogP contribution >= 0.6 is 22.9 Å². The minimum atomic E-state index is -3.75. The molecule has 2 N–H and O–H groups in total. The standard InChI is InChI=1S/C10H7ClN4O2S2/c11-6-1-2-7-10(12-5-18-7)9(6)15-19(16,17)8-3-4-13-14-8/h1-5,15H,(H,13,14). The fourth-order valence-electron chi connectivity index (χ4n) is 1.59. The molecule has 1 aromatic carbocycles. The lowest BCUT2D eigenvalue weighted by Crippen LogP contribution is -2.14. The van der Waals surface area contributed by atoms with Crippen LogP contribution in [0.2, 0.25) is 5.02 Å². The van der Waals surface area contributed by atoms with Crippen LogP contribution in [0.3, 0.4) is 0 Å². The van der Waals surface area contributed by atoms with Crippen LogP contribution in [0, 0.1) is 0 Å². The van der Waals surface area contributed by atoms with Gasteiger partial charge in [-0.2, -0.15) is 13.5 Å². The first-order chi connectivity index (χ1) is 9.08. The van der Waals surface area contributed by atoms with Gasteiger partial charge in [0.15, 0.2) is 5.03 Å². The second-order valence-corrected chi connectivity index (χ2v) is 6.59. The molecular formula is C10H7ClN4O2S2. The fourth-order valence-corrected chi connectivity index (χ4v) is 3.52. The van der Waals surface area contributed by atoms with Crippen LogP contribution in [0.25, 0.3) is 10.2 Å². The first-order valence-corrected chi connectivity index (χ1v) is 7.86. The van der Waals surface area contributed by atoms with E-state index in [1.54, 1.807) is 17.6 Å². The molecule has 3 rings (SSSR count). The molecule has 0 bridgehead atoms. The molecule has 98 valence electrons. The summed E-state index contributed by atoms with van der Waals surface area (Å²) in [6.07, 6.45) is 1.36. The number of nitrogens with zero attached hydrogens (tertiary/aromatic N) is 2. The van der Waals surface area contributed by atoms with Gasteiger partial charge in [-0.3, -0.25) is 9.82 Å². The smallest absolute Gasteiger partial charge is 0.275 e. The number of aromatic amines is 1. The largest absolute Gasteiger partial charge is 0.278 e. The van der Waals surface area contributed by atoms with Gasteiger partial charge >= 0.3 is 0 Å². The Morgan fingerprint density at radius 1 is 1.32 bits per heavy atom. The van der Waals surface area contributed by atoms with Crippen molar-refractivity contribution >= 4 is 48.9 Å². The van der Waals surface area contributed by atoms with Gasteiger partial charge < -0.3 is 0 Å². The topological polar surface area (TPSA) is 87.7 Å². The van der Waals surface area contributed by atoms with E-state index >= 15 is 0 Å². The van der Waals surface area contributed by atoms with Crippen molar-refractivity contribution in [2.45, 2.75) is 5.03 Å². The van der Waals surface area contributed by atoms with Gasteiger partial charge in [-0.15, -0.1) is 11.3 Å². The normalized spacial score (nSPS) is 11.8. The summed E-state index contributed by atoms with van der Waals surface area (Å²) in [4.78, 5) is 4.13. The molecule has 0 spiro atoms. The monoisotopic (exact) mass is 314 g/mol. The van der Waals surface area contributed by atoms with Crippen molar-refractivity contribution in [3.05, 3.63) is 34.9 Å². The number of hydrogen-bond donors (Lipinski definition) is 2. The Bertz CT molecular complexity index is 826. The van der Waals surface area contributed by atoms with Gasteiger partial charge in [0.05, 0.1) is 27.1 Å². The predicted molar refractivity (Wildman–Crippen MR) is 74.0 cm³/mol. The predicted octanol–water partition coefficient (Wildman–Crippen LogP) is 2.47. The third kappa shape index (κ3) is 2.18. The van der Waals surface area contributed by atoms with Crippen molar-refractivity contribution in [2.75, 3.05) is 4.72 Å². The van der Waals surface area contributed by atoms with E-state index in [0.29, 0.717) is 10.5 Å². The lowest BCUT2D eigenvalue weighted by molar-refractivity contribution is 0.597. The zero-order valence-corrected chi connectivity index (χ0v) is 11.7. The van der Waals surface area contributed by atoms with Crippen molar-refractivity contribution in [1.29, 1.82) is 0 Å². The highest BCUT2D eigenvalue weighted by Gasteiger charge is 2.19. The molecule has 0 saturated heterocycles. The number of H-pyrrole nitrogens is 1. The molecule has 2 heterocycles. The zero-order valence-electron chi connectivity index (χ0n) is 9.29. The number of benzene rings is 1. The minimum absolute atomic E-state index is 0.0317. The molecule has 0 saturated carbocycles. The average molecular weight is 315 g/mol. The SMILES string of the molecule is O=S(=O)(Nc1c(Cl)ccc2scnc12)c1ccn[nH]1. The van der Waals surface area contributed by atoms with E-state index in [-0.39, 0.29) is 10.7 Å². The van der Waals surface area contributed by atoms with Gasteiger partial charge in [0.1, 0.15) is 5.52 Å². The Morgan fingerprint density at radius 3 is 2.89 bits per heavy atom. The highest BCUT2D eigenvalue weighted by molar-refractivity contribution is 7.92. The third-order valence-corrected chi connectivity index (χ3v) is 4.84. The van der Waals surface area contributed by atoms with E-state index < -0.39 is 10.0 Å². The van der Waals surface area contributed by atoms with Gasteiger partial charge in [-0.1, -0.05) is 11.6 Å². The minimum Gasteiger partial charge on any atom is -0.275 e. The van der Waals surface area contributed by atoms with E-state index in [1.807, 2.05) is 0 Å². The lowest BCUT2D eigenvalue weighted by Gasteiger charge is -2.08. The van der Waals surface area contributed by atoms with Crippen molar-refractivity contribution < 1.29 is 8.42 Å². The first kappa shape index (κ1) is 12.4. The molecule has 0 aliphatic rings. The molecule has 0 aliphatic heterocycles. The van der Waals surface area contributed by atoms with E-state index in [2.05, 4.69) is 19.9 Å². The molecule has 3 aromatic rings. The fraction of sp³-hybridized carbons (Fsp3) is 0. The Labute approximate surface area is 117 Å². The molecule has 0 amide bonds. The van der Waals surface area contributed by atoms with Crippen LogP contribution in [-0.4, -0.2) is 23.6 Å². The Hall–Kier alpha value is -1.64. The van der Waals surface area contributed by atoms with Crippen LogP contribution in [-0.2, 0) is 10.0 Å². The van der Waals surface area contributed by atoms with Gasteiger partial charge in [-0.25, -0.2) is 4.98 Å². The Balaban J connectivity index is 2.11. The van der Waals surface area contributed by atoms with Crippen molar-refractivity contribution in [1.82, 2.24) is 15.2 Å². The highest BCUT2D eigenvalue weighted by Crippen LogP contribution is 2.33. The van der Waals surface area contributed by atoms with Crippen LogP contribution in [0.15, 0.2) is 34.9 Å². The number of thiazole rings is 1. The van der Waals surface area contributed by atoms with E-state index in [4.69, 9.17) is 11.6 Å². The molecule has 19 heavy (non-hydrogen) atoms. The molecule has 9 heteroatoms. The third-order valence-electron chi connectivity index (χ3n) is 2.45. The quantitative estimate of drug-likeness (QED) is 0.777. The van der Waals surface area contributed by atoms with E-state index in [1.165, 1.54) is 23.6 Å². The average Bonchev–Trinajstić information content (AvgIpc) is 3.02. The molecule has 0 atom stereocenters. The lowest BCUT2D eigenvalue weighted by atomic mass is 10.3. The maximum atomic E-state index is 12.1. The van der Waals surface area contributed by atoms with Crippen LogP contribution in [0.5, 0.6) is 0 Å². The summed E-state index contributed by atoms with van der Waals surface area (Å²) in [5, 5.41) is 6.27. The van der Waals surface area contributed by atoms with Crippen LogP contribution in [0.4, 0.5) is 5.69 Å². The molecule has 0 aliphatic carbocycles. The van der Waals surface area contributed by atoms with Gasteiger partial charge in [0.2, 0.25) is 0 Å². The Kier molecular flexibility index (Phi) is 2.92. The second kappa shape index (κ2) is 4.48. The zero-order chi connectivity index (χ0) is 13.5. The van der Waals surface area contributed by atoms with E-state index in [9.17, 15) is 8.42 Å². The molecule has 0 radical (unpaired) electrons. The maximum Gasteiger partial charge on any atom is 0.278 e. The number of nitrogens with one attached hydrogen (secondary N) is 2. The highest BCUT2D eigenvalue weighted by atomic mass is 35.5. The molecule has 6 nitrogen and oxygen atoms in total. The maximum absolute atomic E-state index is 12.1. The summed E-state index contributed by atoms with van der Waals surface area (Å²) in [7, 11) is -3.75. The van der Waals surface area contributed by atoms with Crippen molar-refractivity contribution in [2.24, 2.45) is 0 Å². The number of anilines is 1. The number of aromatic nitrogens is 3. The number of rotatable bonds is 3. The van der Waals surface area contributed by atoms with Crippen LogP contribution in [0.1, 0.15) is 0 Å². The summed E-state index contributed by atoms with van der Waals surface area (Å²) in [5.74, 6) is 0. The molecular weight excluding hydrogens is 308 g/mol. The number of fused-ring (bicyclic) bond motifs is 1. The van der Waals surface area contributed by atoms with Crippen molar-refractivity contribution in [3.8, 4) is 0 Å². The van der Waals surface area contributed by atoms with Gasteiger partial charge in [0, 0.05) is 0 Å². The summed E-state index contributed by atoms with van der Waals surface area (Å²) in [6.45, 7) is 0. The summed E-state index contributed by atoms with van der Waals surface area (Å²) in [5.41, 5.74) is 2.44. The number of sulfonamides is 1. The molecule has 0 unspecified atom stereocenters. The molecule has 0 fully saturated rings. The van der Waals surface area contributed by atoms with Gasteiger partial charge in [-0.05, 0) is 18.2 Å². The number of hydrogen-bond acceptors (Lipinski definition) is 5. The summed E-state index contributed by atoms with van der Waals surface area (Å²) in [6, 6.07) is 4.79. The second-order valence-electron chi connectivity index (χ2n) is 3.65. The Morgan fingerprint density at radius 2 is 2.16 bits per heavy atom. The van der Waals surface area contributed by atoms with Crippen LogP contribution < -0.4 is 4.72 Å².